The fraction of sp³-hybridized carbons (Fsp3) is 0.0588. The maximum absolute atomic E-state index is 8.84. The van der Waals surface area contributed by atoms with Gasteiger partial charge in [-0.1, -0.05) is 48.6 Å². The van der Waals surface area contributed by atoms with E-state index in [1.807, 2.05) is 48.6 Å². The maximum atomic E-state index is 8.84. The lowest BCUT2D eigenvalue weighted by Gasteiger charge is -2.25. The van der Waals surface area contributed by atoms with Gasteiger partial charge < -0.3 is 0 Å². The zero-order chi connectivity index (χ0) is 15.3. The summed E-state index contributed by atoms with van der Waals surface area (Å²) in [5.74, 6) is 0. The van der Waals surface area contributed by atoms with E-state index in [2.05, 4.69) is 0 Å². The van der Waals surface area contributed by atoms with Gasteiger partial charge in [-0.3, -0.25) is 0 Å². The van der Waals surface area contributed by atoms with Crippen molar-refractivity contribution in [3.05, 3.63) is 70.9 Å². The van der Waals surface area contributed by atoms with Gasteiger partial charge in [-0.05, 0) is 0 Å². The van der Waals surface area contributed by atoms with Crippen molar-refractivity contribution in [2.24, 2.45) is 5.41 Å². The van der Waals surface area contributed by atoms with Crippen molar-refractivity contribution >= 4 is 0 Å². The van der Waals surface area contributed by atoms with Crippen LogP contribution in [0.3, 0.4) is 0 Å². The van der Waals surface area contributed by atoms with Crippen molar-refractivity contribution in [3.8, 4) is 24.3 Å². The van der Waals surface area contributed by atoms with E-state index in [4.69, 9.17) is 21.0 Å². The summed E-state index contributed by atoms with van der Waals surface area (Å²) in [6.45, 7) is 0. The third-order valence-corrected chi connectivity index (χ3v) is 3.23. The fourth-order valence-corrected chi connectivity index (χ4v) is 2.02. The topological polar surface area (TPSA) is 95.2 Å². The molecule has 0 aromatic heterocycles. The lowest BCUT2D eigenvalue weighted by molar-refractivity contribution is 0.801. The number of nitriles is 4. The highest BCUT2D eigenvalue weighted by molar-refractivity contribution is 5.58. The molecule has 0 aromatic carbocycles. The highest BCUT2D eigenvalue weighted by Crippen LogP contribution is 2.35. The Labute approximate surface area is 122 Å². The minimum Gasteiger partial charge on any atom is -0.192 e. The van der Waals surface area contributed by atoms with Gasteiger partial charge in [0.2, 0.25) is 0 Å². The van der Waals surface area contributed by atoms with Crippen molar-refractivity contribution in [3.63, 3.8) is 0 Å². The van der Waals surface area contributed by atoms with Crippen LogP contribution < -0.4 is 0 Å². The van der Waals surface area contributed by atoms with E-state index in [0.29, 0.717) is 11.1 Å². The minimum atomic E-state index is -0.445. The second-order valence-corrected chi connectivity index (χ2v) is 4.44. The Morgan fingerprint density at radius 3 is 1.14 bits per heavy atom. The van der Waals surface area contributed by atoms with Crippen LogP contribution in [0, 0.1) is 50.7 Å². The Morgan fingerprint density at radius 2 is 0.905 bits per heavy atom. The summed E-state index contributed by atoms with van der Waals surface area (Å²) in [5.41, 5.74) is 0.835. The number of hydrogen-bond donors (Lipinski definition) is 0. The summed E-state index contributed by atoms with van der Waals surface area (Å²) in [6, 6.07) is 7.40. The van der Waals surface area contributed by atoms with Crippen LogP contribution in [-0.4, -0.2) is 0 Å². The molecule has 0 atom stereocenters. The number of allylic oxidation sites excluding steroid dienone is 12. The molecule has 0 N–H and O–H groups in total. The van der Waals surface area contributed by atoms with Gasteiger partial charge in [0.05, 0.1) is 0 Å². The molecular formula is C17H8N4. The molecule has 0 bridgehead atoms. The molecule has 0 heterocycles. The summed E-state index contributed by atoms with van der Waals surface area (Å²) < 4.78 is 0. The Morgan fingerprint density at radius 1 is 0.619 bits per heavy atom. The highest BCUT2D eigenvalue weighted by Gasteiger charge is 2.23. The van der Waals surface area contributed by atoms with Crippen LogP contribution in [0.2, 0.25) is 0 Å². The van der Waals surface area contributed by atoms with Gasteiger partial charge in [-0.25, -0.2) is 0 Å². The van der Waals surface area contributed by atoms with Crippen LogP contribution in [0.15, 0.2) is 70.9 Å². The zero-order valence-electron chi connectivity index (χ0n) is 10.9. The van der Waals surface area contributed by atoms with Crippen LogP contribution in [0.1, 0.15) is 0 Å². The molecule has 0 fully saturated rings. The molecule has 1 spiro atoms. The van der Waals surface area contributed by atoms with E-state index in [9.17, 15) is 0 Å². The van der Waals surface area contributed by atoms with Gasteiger partial charge in [0, 0.05) is 16.6 Å². The van der Waals surface area contributed by atoms with E-state index in [0.717, 1.165) is 0 Å². The summed E-state index contributed by atoms with van der Waals surface area (Å²) in [7, 11) is 0. The Balaban J connectivity index is 2.35. The minimum absolute atomic E-state index is 0.0675. The van der Waals surface area contributed by atoms with Crippen LogP contribution in [-0.2, 0) is 0 Å². The molecule has 0 saturated heterocycles. The van der Waals surface area contributed by atoms with E-state index in [1.54, 1.807) is 24.3 Å². The van der Waals surface area contributed by atoms with Crippen molar-refractivity contribution in [2.75, 3.05) is 0 Å². The number of rotatable bonds is 0. The fourth-order valence-electron chi connectivity index (χ4n) is 2.02. The lowest BCUT2D eigenvalue weighted by Crippen LogP contribution is -2.13. The van der Waals surface area contributed by atoms with Crippen molar-refractivity contribution in [2.45, 2.75) is 0 Å². The van der Waals surface area contributed by atoms with Crippen LogP contribution >= 0.6 is 0 Å². The number of hydrogen-bond acceptors (Lipinski definition) is 4. The second-order valence-electron chi connectivity index (χ2n) is 4.44. The standard InChI is InChI=1S/C17H8N4/c18-9-15(10-19)13-1-5-17(6-2-13)7-3-14(4-8-17)16(11-20)12-21/h1-8H. The molecule has 0 radical (unpaired) electrons. The van der Waals surface area contributed by atoms with Crippen molar-refractivity contribution in [1.82, 2.24) is 0 Å². The molecule has 0 aromatic rings. The van der Waals surface area contributed by atoms with Crippen LogP contribution in [0.25, 0.3) is 0 Å². The summed E-state index contributed by atoms with van der Waals surface area (Å²) in [4.78, 5) is 0. The van der Waals surface area contributed by atoms with Gasteiger partial charge >= 0.3 is 0 Å². The molecule has 2 aliphatic carbocycles. The van der Waals surface area contributed by atoms with Crippen LogP contribution in [0.4, 0.5) is 0 Å². The largest absolute Gasteiger partial charge is 0.192 e. The van der Waals surface area contributed by atoms with Crippen LogP contribution in [0.5, 0.6) is 0 Å². The Bertz CT molecular complexity index is 692. The van der Waals surface area contributed by atoms with Crippen molar-refractivity contribution < 1.29 is 0 Å². The maximum Gasteiger partial charge on any atom is 0.136 e. The number of nitrogens with zero attached hydrogens (tertiary/aromatic N) is 4. The molecule has 21 heavy (non-hydrogen) atoms. The molecule has 4 nitrogen and oxygen atoms in total. The van der Waals surface area contributed by atoms with E-state index in [-0.39, 0.29) is 11.1 Å². The molecule has 0 aliphatic heterocycles. The first kappa shape index (κ1) is 13.8. The third kappa shape index (κ3) is 2.57. The first-order valence-corrected chi connectivity index (χ1v) is 6.04. The smallest absolute Gasteiger partial charge is 0.136 e. The molecule has 0 saturated carbocycles. The predicted molar refractivity (Wildman–Crippen MR) is 75.5 cm³/mol. The van der Waals surface area contributed by atoms with Crippen molar-refractivity contribution in [1.29, 1.82) is 21.0 Å². The van der Waals surface area contributed by atoms with Gasteiger partial charge in [0.1, 0.15) is 35.4 Å². The Kier molecular flexibility index (Phi) is 3.67. The normalized spacial score (nSPS) is 21.3. The first-order valence-electron chi connectivity index (χ1n) is 6.04. The molecule has 2 rings (SSSR count). The second kappa shape index (κ2) is 5.58. The molecule has 96 valence electrons. The monoisotopic (exact) mass is 268 g/mol. The quantitative estimate of drug-likeness (QED) is 0.631. The van der Waals surface area contributed by atoms with Gasteiger partial charge in [-0.15, -0.1) is 0 Å². The molecule has 0 unspecified atom stereocenters. The molecule has 4 heteroatoms. The van der Waals surface area contributed by atoms with Gasteiger partial charge in [0.15, 0.2) is 0 Å². The average Bonchev–Trinajstić information content (AvgIpc) is 2.53. The average molecular weight is 268 g/mol. The lowest BCUT2D eigenvalue weighted by atomic mass is 9.78. The van der Waals surface area contributed by atoms with E-state index in [1.165, 1.54) is 0 Å². The Hall–Kier alpha value is -3.60. The molecular weight excluding hydrogens is 260 g/mol. The van der Waals surface area contributed by atoms with E-state index >= 15 is 0 Å². The van der Waals surface area contributed by atoms with Gasteiger partial charge in [-0.2, -0.15) is 21.0 Å². The summed E-state index contributed by atoms with van der Waals surface area (Å²) in [5, 5.41) is 35.3. The summed E-state index contributed by atoms with van der Waals surface area (Å²) in [6.07, 6.45) is 14.3. The summed E-state index contributed by atoms with van der Waals surface area (Å²) >= 11 is 0. The molecule has 0 amide bonds. The molecule has 2 aliphatic rings. The zero-order valence-corrected chi connectivity index (χ0v) is 10.9. The third-order valence-electron chi connectivity index (χ3n) is 3.23. The highest BCUT2D eigenvalue weighted by atomic mass is 14.3. The van der Waals surface area contributed by atoms with E-state index < -0.39 is 5.41 Å². The first-order chi connectivity index (χ1) is 10.2. The SMILES string of the molecule is N#CC(C#N)=C1C=CC2(C=C1)C=CC(=C(C#N)C#N)C=C2. The predicted octanol–water partition coefficient (Wildman–Crippen LogP) is 2.91. The van der Waals surface area contributed by atoms with Gasteiger partial charge in [0.25, 0.3) is 0 Å².